The Morgan fingerprint density at radius 1 is 1.30 bits per heavy atom. The average molecular weight is 415 g/mol. The van der Waals surface area contributed by atoms with Crippen molar-refractivity contribution in [3.63, 3.8) is 0 Å². The molecule has 0 aromatic rings. The molecular formula is C13H21Br2NO4. The molecule has 1 saturated heterocycles. The van der Waals surface area contributed by atoms with Gasteiger partial charge in [0.15, 0.2) is 3.74 Å². The Morgan fingerprint density at radius 3 is 2.45 bits per heavy atom. The molecule has 0 aromatic heterocycles. The number of halogens is 2. The molecule has 1 heterocycles. The summed E-state index contributed by atoms with van der Waals surface area (Å²) < 4.78 is 9.88. The van der Waals surface area contributed by atoms with E-state index in [2.05, 4.69) is 37.2 Å². The minimum atomic E-state index is -0.544. The van der Waals surface area contributed by atoms with Gasteiger partial charge in [0.05, 0.1) is 6.42 Å². The topological polar surface area (TPSA) is 64.6 Å². The highest BCUT2D eigenvalue weighted by Crippen LogP contribution is 2.29. The van der Waals surface area contributed by atoms with Crippen LogP contribution in [0.4, 0.5) is 0 Å². The number of esters is 2. The van der Waals surface area contributed by atoms with Crippen LogP contribution in [0.25, 0.3) is 0 Å². The fourth-order valence-electron chi connectivity index (χ4n) is 2.24. The van der Waals surface area contributed by atoms with Gasteiger partial charge >= 0.3 is 11.9 Å². The van der Waals surface area contributed by atoms with E-state index < -0.39 is 15.3 Å². The SMILES string of the molecule is CC(C)(OC(=O)CCOC(=O)C(Br)Br)C1CCNCC1. The first-order valence-corrected chi connectivity index (χ1v) is 8.53. The molecule has 1 N–H and O–H groups in total. The largest absolute Gasteiger partial charge is 0.464 e. The van der Waals surface area contributed by atoms with Crippen molar-refractivity contribution in [1.29, 1.82) is 0 Å². The lowest BCUT2D eigenvalue weighted by Gasteiger charge is -2.36. The van der Waals surface area contributed by atoms with Gasteiger partial charge in [-0.3, -0.25) is 4.79 Å². The lowest BCUT2D eigenvalue weighted by atomic mass is 9.83. The minimum absolute atomic E-state index is 0.0354. The molecule has 0 bridgehead atoms. The first-order chi connectivity index (χ1) is 9.33. The first kappa shape index (κ1) is 17.9. The maximum Gasteiger partial charge on any atom is 0.330 e. The Hall–Kier alpha value is -0.140. The minimum Gasteiger partial charge on any atom is -0.464 e. The normalized spacial score (nSPS) is 17.1. The summed E-state index contributed by atoms with van der Waals surface area (Å²) in [6, 6.07) is 0. The number of ether oxygens (including phenoxy) is 2. The fraction of sp³-hybridized carbons (Fsp3) is 0.846. The molecule has 1 rings (SSSR count). The molecule has 0 radical (unpaired) electrons. The first-order valence-electron chi connectivity index (χ1n) is 6.70. The van der Waals surface area contributed by atoms with Crippen LogP contribution in [0.3, 0.4) is 0 Å². The maximum atomic E-state index is 11.8. The number of carbonyl (C=O) groups is 2. The van der Waals surface area contributed by atoms with Gasteiger partial charge in [0.1, 0.15) is 12.2 Å². The summed E-state index contributed by atoms with van der Waals surface area (Å²) in [6.07, 6.45) is 2.08. The smallest absolute Gasteiger partial charge is 0.330 e. The molecule has 0 atom stereocenters. The molecule has 0 spiro atoms. The Bertz CT molecular complexity index is 341. The molecule has 0 amide bonds. The van der Waals surface area contributed by atoms with Crippen molar-refractivity contribution in [2.24, 2.45) is 5.92 Å². The molecule has 0 unspecified atom stereocenters. The zero-order valence-electron chi connectivity index (χ0n) is 11.8. The summed E-state index contributed by atoms with van der Waals surface area (Å²) in [5, 5.41) is 3.29. The molecule has 1 fully saturated rings. The second-order valence-corrected chi connectivity index (χ2v) is 8.38. The summed E-state index contributed by atoms with van der Waals surface area (Å²) in [6.45, 7) is 5.84. The van der Waals surface area contributed by atoms with Crippen LogP contribution >= 0.6 is 31.9 Å². The summed E-state index contributed by atoms with van der Waals surface area (Å²) in [5.74, 6) is -0.415. The molecule has 0 saturated carbocycles. The van der Waals surface area contributed by atoms with Gasteiger partial charge in [0.25, 0.3) is 0 Å². The third kappa shape index (κ3) is 6.10. The third-order valence-electron chi connectivity index (χ3n) is 3.43. The van der Waals surface area contributed by atoms with E-state index in [1.54, 1.807) is 0 Å². The van der Waals surface area contributed by atoms with E-state index in [-0.39, 0.29) is 19.0 Å². The molecule has 0 aliphatic carbocycles. The van der Waals surface area contributed by atoms with Gasteiger partial charge in [0, 0.05) is 5.92 Å². The van der Waals surface area contributed by atoms with Gasteiger partial charge in [0.2, 0.25) is 0 Å². The van der Waals surface area contributed by atoms with Crippen molar-refractivity contribution >= 4 is 43.8 Å². The quantitative estimate of drug-likeness (QED) is 0.533. The van der Waals surface area contributed by atoms with Crippen LogP contribution in [0.15, 0.2) is 0 Å². The van der Waals surface area contributed by atoms with Gasteiger partial charge in [-0.1, -0.05) is 31.9 Å². The summed E-state index contributed by atoms with van der Waals surface area (Å²) in [7, 11) is 0. The monoisotopic (exact) mass is 413 g/mol. The van der Waals surface area contributed by atoms with Gasteiger partial charge in [-0.2, -0.15) is 0 Å². The summed E-state index contributed by atoms with van der Waals surface area (Å²) >= 11 is 6.06. The van der Waals surface area contributed by atoms with E-state index in [9.17, 15) is 9.59 Å². The second kappa shape index (κ2) is 8.34. The highest BCUT2D eigenvalue weighted by Gasteiger charge is 2.34. The zero-order valence-corrected chi connectivity index (χ0v) is 15.0. The Labute approximate surface area is 136 Å². The molecule has 7 heteroatoms. The third-order valence-corrected chi connectivity index (χ3v) is 4.18. The fourth-order valence-corrected chi connectivity index (χ4v) is 2.51. The van der Waals surface area contributed by atoms with Crippen LogP contribution in [0, 0.1) is 5.92 Å². The Morgan fingerprint density at radius 2 is 1.90 bits per heavy atom. The predicted octanol–water partition coefficient (Wildman–Crippen LogP) is 2.36. The molecule has 20 heavy (non-hydrogen) atoms. The number of piperidine rings is 1. The lowest BCUT2D eigenvalue weighted by molar-refractivity contribution is -0.164. The van der Waals surface area contributed by atoms with Crippen molar-refractivity contribution in [2.45, 2.75) is 42.4 Å². The summed E-state index contributed by atoms with van der Waals surface area (Å²) in [5.41, 5.74) is -0.476. The number of carbonyl (C=O) groups excluding carboxylic acids is 2. The standard InChI is InChI=1S/C13H21Br2NO4/c1-13(2,9-3-6-16-7-4-9)20-10(17)5-8-19-12(18)11(14)15/h9,11,16H,3-8H2,1-2H3. The van der Waals surface area contributed by atoms with Crippen LogP contribution in [0.1, 0.15) is 33.1 Å². The summed E-state index contributed by atoms with van der Waals surface area (Å²) in [4.78, 5) is 23.0. The Balaban J connectivity index is 2.31. The van der Waals surface area contributed by atoms with Gasteiger partial charge < -0.3 is 14.8 Å². The van der Waals surface area contributed by atoms with Crippen LogP contribution in [0.5, 0.6) is 0 Å². The Kier molecular flexibility index (Phi) is 7.47. The number of hydrogen-bond donors (Lipinski definition) is 1. The van der Waals surface area contributed by atoms with E-state index in [0.29, 0.717) is 5.92 Å². The van der Waals surface area contributed by atoms with Crippen molar-refractivity contribution in [3.8, 4) is 0 Å². The number of nitrogens with one attached hydrogen (secondary N) is 1. The van der Waals surface area contributed by atoms with Gasteiger partial charge in [-0.15, -0.1) is 0 Å². The number of rotatable bonds is 6. The van der Waals surface area contributed by atoms with Crippen molar-refractivity contribution in [2.75, 3.05) is 19.7 Å². The van der Waals surface area contributed by atoms with E-state index in [0.717, 1.165) is 25.9 Å². The second-order valence-electron chi connectivity index (χ2n) is 5.32. The van der Waals surface area contributed by atoms with E-state index in [4.69, 9.17) is 9.47 Å². The van der Waals surface area contributed by atoms with E-state index in [1.165, 1.54) is 0 Å². The van der Waals surface area contributed by atoms with Crippen LogP contribution in [-0.2, 0) is 19.1 Å². The number of alkyl halides is 2. The maximum absolute atomic E-state index is 11.8. The van der Waals surface area contributed by atoms with Crippen molar-refractivity contribution in [3.05, 3.63) is 0 Å². The highest BCUT2D eigenvalue weighted by atomic mass is 79.9. The highest BCUT2D eigenvalue weighted by molar-refractivity contribution is 9.25. The van der Waals surface area contributed by atoms with Crippen molar-refractivity contribution < 1.29 is 19.1 Å². The van der Waals surface area contributed by atoms with Crippen molar-refractivity contribution in [1.82, 2.24) is 5.32 Å². The van der Waals surface area contributed by atoms with E-state index in [1.807, 2.05) is 13.8 Å². The molecule has 1 aliphatic rings. The molecule has 0 aromatic carbocycles. The molecule has 5 nitrogen and oxygen atoms in total. The average Bonchev–Trinajstić information content (AvgIpc) is 2.39. The zero-order chi connectivity index (χ0) is 15.2. The number of hydrogen-bond acceptors (Lipinski definition) is 5. The molecule has 1 aliphatic heterocycles. The van der Waals surface area contributed by atoms with E-state index >= 15 is 0 Å². The lowest BCUT2D eigenvalue weighted by Crippen LogP contribution is -2.42. The predicted molar refractivity (Wildman–Crippen MR) is 83.0 cm³/mol. The molecular weight excluding hydrogens is 394 g/mol. The van der Waals surface area contributed by atoms with Crippen LogP contribution in [-0.4, -0.2) is 41.0 Å². The molecule has 116 valence electrons. The van der Waals surface area contributed by atoms with Gasteiger partial charge in [-0.05, 0) is 39.8 Å². The van der Waals surface area contributed by atoms with Gasteiger partial charge in [-0.25, -0.2) is 4.79 Å². The van der Waals surface area contributed by atoms with Crippen LogP contribution < -0.4 is 5.32 Å². The van der Waals surface area contributed by atoms with Crippen LogP contribution in [0.2, 0.25) is 0 Å².